The monoisotopic (exact) mass is 461 g/mol. The van der Waals surface area contributed by atoms with Gasteiger partial charge in [-0.1, -0.05) is 42.8 Å². The minimum absolute atomic E-state index is 0.115. The van der Waals surface area contributed by atoms with E-state index in [1.54, 1.807) is 18.2 Å². The molecule has 1 aliphatic rings. The largest absolute Gasteiger partial charge is 0.335 e. The van der Waals surface area contributed by atoms with Crippen molar-refractivity contribution in [2.24, 2.45) is 0 Å². The van der Waals surface area contributed by atoms with E-state index in [4.69, 9.17) is 11.6 Å². The first-order chi connectivity index (χ1) is 15.7. The van der Waals surface area contributed by atoms with E-state index in [-0.39, 0.29) is 5.57 Å². The van der Waals surface area contributed by atoms with Crippen LogP contribution < -0.4 is 10.2 Å². The molecule has 0 unspecified atom stereocenters. The van der Waals surface area contributed by atoms with E-state index in [0.29, 0.717) is 10.7 Å². The molecule has 4 rings (SSSR count). The number of benzene rings is 2. The van der Waals surface area contributed by atoms with Crippen LogP contribution in [-0.2, 0) is 16.0 Å². The Bertz CT molecular complexity index is 1340. The summed E-state index contributed by atoms with van der Waals surface area (Å²) in [5.41, 5.74) is 5.85. The van der Waals surface area contributed by atoms with Gasteiger partial charge in [-0.2, -0.15) is 0 Å². The van der Waals surface area contributed by atoms with E-state index in [2.05, 4.69) is 28.9 Å². The molecule has 0 spiro atoms. The first kappa shape index (κ1) is 22.6. The highest BCUT2D eigenvalue weighted by Crippen LogP contribution is 2.29. The van der Waals surface area contributed by atoms with Gasteiger partial charge in [0, 0.05) is 22.1 Å². The lowest BCUT2D eigenvalue weighted by atomic mass is 10.1. The summed E-state index contributed by atoms with van der Waals surface area (Å²) in [5, 5.41) is 2.69. The first-order valence-corrected chi connectivity index (χ1v) is 11.1. The number of urea groups is 1. The third kappa shape index (κ3) is 3.98. The predicted octanol–water partition coefficient (Wildman–Crippen LogP) is 5.28. The van der Waals surface area contributed by atoms with Crippen LogP contribution in [0.4, 0.5) is 10.5 Å². The van der Waals surface area contributed by atoms with E-state index in [1.165, 1.54) is 11.6 Å². The Kier molecular flexibility index (Phi) is 5.95. The second-order valence-corrected chi connectivity index (χ2v) is 8.44. The maximum Gasteiger partial charge on any atom is 0.335 e. The summed E-state index contributed by atoms with van der Waals surface area (Å²) in [7, 11) is 0. The zero-order valence-electron chi connectivity index (χ0n) is 18.9. The van der Waals surface area contributed by atoms with Crippen molar-refractivity contribution in [1.82, 2.24) is 9.88 Å². The Labute approximate surface area is 197 Å². The number of halogens is 1. The maximum atomic E-state index is 13.2. The van der Waals surface area contributed by atoms with Gasteiger partial charge < -0.3 is 4.57 Å². The molecule has 2 heterocycles. The lowest BCUT2D eigenvalue weighted by Gasteiger charge is -2.26. The van der Waals surface area contributed by atoms with Gasteiger partial charge in [0.25, 0.3) is 11.8 Å². The third-order valence-corrected chi connectivity index (χ3v) is 6.31. The fourth-order valence-electron chi connectivity index (χ4n) is 4.10. The minimum Gasteiger partial charge on any atom is -0.318 e. The van der Waals surface area contributed by atoms with Gasteiger partial charge >= 0.3 is 6.03 Å². The van der Waals surface area contributed by atoms with Crippen LogP contribution in [0, 0.1) is 20.8 Å². The molecule has 1 N–H and O–H groups in total. The van der Waals surface area contributed by atoms with Gasteiger partial charge in [0.2, 0.25) is 0 Å². The molecule has 33 heavy (non-hydrogen) atoms. The number of amides is 4. The predicted molar refractivity (Wildman–Crippen MR) is 130 cm³/mol. The number of hydrogen-bond donors (Lipinski definition) is 1. The number of nitrogens with one attached hydrogen (secondary N) is 1. The lowest BCUT2D eigenvalue weighted by molar-refractivity contribution is -0.122. The Hall–Kier alpha value is -3.64. The van der Waals surface area contributed by atoms with Crippen LogP contribution in [0.3, 0.4) is 0 Å². The van der Waals surface area contributed by atoms with Crippen molar-refractivity contribution >= 4 is 41.2 Å². The fourth-order valence-corrected chi connectivity index (χ4v) is 4.28. The molecule has 6 nitrogen and oxygen atoms in total. The lowest BCUT2D eigenvalue weighted by Crippen LogP contribution is -2.54. The number of aromatic nitrogens is 1. The van der Waals surface area contributed by atoms with Gasteiger partial charge in [0.15, 0.2) is 0 Å². The van der Waals surface area contributed by atoms with E-state index in [1.807, 2.05) is 39.0 Å². The number of barbiturate groups is 1. The summed E-state index contributed by atoms with van der Waals surface area (Å²) >= 11 is 6.19. The van der Waals surface area contributed by atoms with Gasteiger partial charge in [-0.15, -0.1) is 0 Å². The van der Waals surface area contributed by atoms with E-state index in [9.17, 15) is 14.4 Å². The summed E-state index contributed by atoms with van der Waals surface area (Å²) < 4.78 is 2.11. The van der Waals surface area contributed by atoms with Gasteiger partial charge in [-0.05, 0) is 74.2 Å². The van der Waals surface area contributed by atoms with Gasteiger partial charge in [-0.3, -0.25) is 14.9 Å². The van der Waals surface area contributed by atoms with Crippen LogP contribution >= 0.6 is 11.6 Å². The molecule has 3 aromatic rings. The van der Waals surface area contributed by atoms with Crippen LogP contribution in [0.1, 0.15) is 35.0 Å². The molecule has 168 valence electrons. The van der Waals surface area contributed by atoms with Crippen molar-refractivity contribution < 1.29 is 14.4 Å². The molecular weight excluding hydrogens is 438 g/mol. The molecule has 0 saturated carbocycles. The van der Waals surface area contributed by atoms with Crippen molar-refractivity contribution in [3.8, 4) is 5.69 Å². The number of hydrogen-bond acceptors (Lipinski definition) is 3. The molecule has 0 atom stereocenters. The number of rotatable bonds is 4. The average Bonchev–Trinajstić information content (AvgIpc) is 3.06. The van der Waals surface area contributed by atoms with Crippen LogP contribution in [-0.4, -0.2) is 22.4 Å². The quantitative estimate of drug-likeness (QED) is 0.424. The van der Waals surface area contributed by atoms with Crippen LogP contribution in [0.15, 0.2) is 54.1 Å². The number of imide groups is 2. The number of aryl methyl sites for hydroxylation is 3. The summed E-state index contributed by atoms with van der Waals surface area (Å²) in [6, 6.07) is 14.1. The molecule has 1 saturated heterocycles. The Morgan fingerprint density at radius 2 is 1.73 bits per heavy atom. The Morgan fingerprint density at radius 1 is 1.00 bits per heavy atom. The molecule has 0 aliphatic carbocycles. The molecule has 0 radical (unpaired) electrons. The highest BCUT2D eigenvalue weighted by molar-refractivity contribution is 6.39. The summed E-state index contributed by atoms with van der Waals surface area (Å²) in [4.78, 5) is 39.3. The van der Waals surface area contributed by atoms with E-state index < -0.39 is 17.8 Å². The SMILES string of the molecule is CCc1ccccc1-n1c(C)cc(/C=C2/C(=O)NC(=O)N(c3ccc(C)c(Cl)c3)C2=O)c1C. The summed E-state index contributed by atoms with van der Waals surface area (Å²) in [5.74, 6) is -1.42. The van der Waals surface area contributed by atoms with Crippen LogP contribution in [0.25, 0.3) is 11.8 Å². The topological polar surface area (TPSA) is 71.4 Å². The number of para-hydroxylation sites is 1. The number of anilines is 1. The molecule has 4 amide bonds. The highest BCUT2D eigenvalue weighted by Gasteiger charge is 2.37. The minimum atomic E-state index is -0.801. The van der Waals surface area contributed by atoms with Crippen molar-refractivity contribution in [1.29, 1.82) is 0 Å². The van der Waals surface area contributed by atoms with Crippen molar-refractivity contribution in [3.05, 3.63) is 87.2 Å². The number of nitrogens with zero attached hydrogens (tertiary/aromatic N) is 2. The smallest absolute Gasteiger partial charge is 0.318 e. The normalized spacial score (nSPS) is 15.4. The third-order valence-electron chi connectivity index (χ3n) is 5.90. The van der Waals surface area contributed by atoms with Crippen LogP contribution in [0.2, 0.25) is 5.02 Å². The molecular formula is C26H24ClN3O3. The first-order valence-electron chi connectivity index (χ1n) is 10.7. The molecule has 1 fully saturated rings. The van der Waals surface area contributed by atoms with Crippen molar-refractivity contribution in [3.63, 3.8) is 0 Å². The van der Waals surface area contributed by atoms with Gasteiger partial charge in [0.05, 0.1) is 5.69 Å². The number of carbonyl (C=O) groups is 3. The van der Waals surface area contributed by atoms with Crippen molar-refractivity contribution in [2.75, 3.05) is 4.90 Å². The molecule has 2 aromatic carbocycles. The van der Waals surface area contributed by atoms with E-state index in [0.717, 1.165) is 39.5 Å². The van der Waals surface area contributed by atoms with Gasteiger partial charge in [-0.25, -0.2) is 9.69 Å². The second-order valence-electron chi connectivity index (χ2n) is 8.04. The molecule has 1 aromatic heterocycles. The van der Waals surface area contributed by atoms with E-state index >= 15 is 0 Å². The van der Waals surface area contributed by atoms with Crippen molar-refractivity contribution in [2.45, 2.75) is 34.1 Å². The second kappa shape index (κ2) is 8.71. The molecule has 1 aliphatic heterocycles. The average molecular weight is 462 g/mol. The molecule has 0 bridgehead atoms. The van der Waals surface area contributed by atoms with Crippen LogP contribution in [0.5, 0.6) is 0 Å². The highest BCUT2D eigenvalue weighted by atomic mass is 35.5. The standard InChI is InChI=1S/C26H24ClN3O3/c1-5-18-8-6-7-9-23(18)29-16(3)12-19(17(29)4)13-21-24(31)28-26(33)30(25(21)32)20-11-10-15(2)22(27)14-20/h6-14H,5H2,1-4H3,(H,28,31,33)/b21-13-. The Balaban J connectivity index is 1.78. The van der Waals surface area contributed by atoms with Gasteiger partial charge in [0.1, 0.15) is 5.57 Å². The number of carbonyl (C=O) groups excluding carboxylic acids is 3. The molecule has 7 heteroatoms. The summed E-state index contributed by atoms with van der Waals surface area (Å²) in [6.45, 7) is 7.85. The zero-order valence-corrected chi connectivity index (χ0v) is 19.7. The maximum absolute atomic E-state index is 13.2. The zero-order chi connectivity index (χ0) is 23.9. The Morgan fingerprint density at radius 3 is 2.42 bits per heavy atom. The summed E-state index contributed by atoms with van der Waals surface area (Å²) in [6.07, 6.45) is 2.42. The fraction of sp³-hybridized carbons (Fsp3) is 0.192.